The number of thioether (sulfide) groups is 1. The summed E-state index contributed by atoms with van der Waals surface area (Å²) in [5.41, 5.74) is 8.97. The summed E-state index contributed by atoms with van der Waals surface area (Å²) in [5.74, 6) is -1.57. The van der Waals surface area contributed by atoms with Crippen LogP contribution in [0.5, 0.6) is 0 Å². The second-order valence-corrected chi connectivity index (χ2v) is 5.13. The number of azide groups is 1. The van der Waals surface area contributed by atoms with Gasteiger partial charge >= 0.3 is 5.97 Å². The van der Waals surface area contributed by atoms with E-state index in [0.717, 1.165) is 0 Å². The van der Waals surface area contributed by atoms with Crippen LogP contribution >= 0.6 is 11.8 Å². The summed E-state index contributed by atoms with van der Waals surface area (Å²) in [4.78, 5) is 27.4. The molecule has 2 rings (SSSR count). The Morgan fingerprint density at radius 3 is 2.65 bits per heavy atom. The Morgan fingerprint density at radius 1 is 1.50 bits per heavy atom. The second kappa shape index (κ2) is 5.85. The van der Waals surface area contributed by atoms with Crippen LogP contribution in [0.15, 0.2) is 35.4 Å². The molecule has 1 fully saturated rings. The lowest BCUT2D eigenvalue weighted by atomic mass is 9.98. The SMILES string of the molecule is CSC1C(N=[N+]=[N-])C(=O)N1C(C(=O)O)c1ccccc1. The van der Waals surface area contributed by atoms with Gasteiger partial charge in [0.05, 0.1) is 5.37 Å². The number of aliphatic carboxylic acids is 1. The van der Waals surface area contributed by atoms with Crippen LogP contribution in [0.2, 0.25) is 0 Å². The van der Waals surface area contributed by atoms with E-state index in [2.05, 4.69) is 10.0 Å². The number of β-lactam (4-membered cyclic amide) rings is 1. The number of nitrogens with zero attached hydrogens (tertiary/aromatic N) is 4. The van der Waals surface area contributed by atoms with Crippen LogP contribution in [0.1, 0.15) is 11.6 Å². The Hall–Kier alpha value is -2.18. The molecule has 1 N–H and O–H groups in total. The fraction of sp³-hybridized carbons (Fsp3) is 0.333. The molecule has 7 nitrogen and oxygen atoms in total. The molecule has 0 aromatic heterocycles. The molecule has 0 bridgehead atoms. The third-order valence-corrected chi connectivity index (χ3v) is 4.06. The maximum absolute atomic E-state index is 12.0. The van der Waals surface area contributed by atoms with Crippen LogP contribution in [-0.2, 0) is 9.59 Å². The van der Waals surface area contributed by atoms with Crippen LogP contribution in [-0.4, -0.2) is 39.6 Å². The van der Waals surface area contributed by atoms with Gasteiger partial charge in [0, 0.05) is 4.91 Å². The van der Waals surface area contributed by atoms with E-state index < -0.39 is 29.3 Å². The van der Waals surface area contributed by atoms with Gasteiger partial charge in [0.2, 0.25) is 5.91 Å². The van der Waals surface area contributed by atoms with Gasteiger partial charge in [0.15, 0.2) is 6.04 Å². The Kier molecular flexibility index (Phi) is 4.16. The largest absolute Gasteiger partial charge is 0.479 e. The van der Waals surface area contributed by atoms with Gasteiger partial charge in [-0.05, 0) is 17.4 Å². The number of benzene rings is 1. The molecule has 8 heteroatoms. The topological polar surface area (TPSA) is 106 Å². The summed E-state index contributed by atoms with van der Waals surface area (Å²) in [6.45, 7) is 0. The van der Waals surface area contributed by atoms with Crippen molar-refractivity contribution < 1.29 is 14.7 Å². The Labute approximate surface area is 119 Å². The molecule has 20 heavy (non-hydrogen) atoms. The number of amides is 1. The Balaban J connectivity index is 2.34. The minimum atomic E-state index is -1.11. The number of hydrogen-bond acceptors (Lipinski definition) is 4. The lowest BCUT2D eigenvalue weighted by Crippen LogP contribution is -2.64. The third kappa shape index (κ3) is 2.31. The van der Waals surface area contributed by atoms with E-state index in [-0.39, 0.29) is 0 Å². The van der Waals surface area contributed by atoms with Crippen LogP contribution in [0.3, 0.4) is 0 Å². The number of carboxylic acids is 1. The summed E-state index contributed by atoms with van der Waals surface area (Å²) in [5, 5.41) is 12.4. The molecule has 0 spiro atoms. The fourth-order valence-electron chi connectivity index (χ4n) is 2.21. The summed E-state index contributed by atoms with van der Waals surface area (Å²) in [6, 6.07) is 6.62. The average Bonchev–Trinajstić information content (AvgIpc) is 2.46. The lowest BCUT2D eigenvalue weighted by Gasteiger charge is -2.47. The first-order chi connectivity index (χ1) is 9.61. The molecular weight excluding hydrogens is 280 g/mol. The number of carboxylic acid groups (broad SMARTS) is 1. The first-order valence-electron chi connectivity index (χ1n) is 5.78. The molecule has 1 aliphatic rings. The number of carbonyl (C=O) groups is 2. The molecule has 1 aromatic carbocycles. The van der Waals surface area contributed by atoms with Crippen molar-refractivity contribution in [1.82, 2.24) is 4.90 Å². The fourth-order valence-corrected chi connectivity index (χ4v) is 3.09. The van der Waals surface area contributed by atoms with Crippen molar-refractivity contribution in [3.05, 3.63) is 46.3 Å². The van der Waals surface area contributed by atoms with Crippen molar-refractivity contribution in [2.24, 2.45) is 5.11 Å². The van der Waals surface area contributed by atoms with E-state index in [1.807, 2.05) is 0 Å². The maximum Gasteiger partial charge on any atom is 0.331 e. The van der Waals surface area contributed by atoms with E-state index in [1.54, 1.807) is 36.6 Å². The van der Waals surface area contributed by atoms with Crippen molar-refractivity contribution in [3.8, 4) is 0 Å². The third-order valence-electron chi connectivity index (χ3n) is 3.10. The smallest absolute Gasteiger partial charge is 0.331 e. The van der Waals surface area contributed by atoms with Crippen molar-refractivity contribution >= 4 is 23.6 Å². The van der Waals surface area contributed by atoms with Gasteiger partial charge in [-0.2, -0.15) is 0 Å². The molecule has 1 aromatic rings. The molecular formula is C12H12N4O3S. The van der Waals surface area contributed by atoms with E-state index in [1.165, 1.54) is 16.7 Å². The number of carbonyl (C=O) groups excluding carboxylic acids is 1. The predicted octanol–water partition coefficient (Wildman–Crippen LogP) is 2.02. The highest BCUT2D eigenvalue weighted by Crippen LogP contribution is 2.38. The molecule has 0 aliphatic carbocycles. The van der Waals surface area contributed by atoms with E-state index in [9.17, 15) is 14.7 Å². The summed E-state index contributed by atoms with van der Waals surface area (Å²) in [6.07, 6.45) is 1.74. The highest BCUT2D eigenvalue weighted by molar-refractivity contribution is 7.99. The first-order valence-corrected chi connectivity index (χ1v) is 7.07. The monoisotopic (exact) mass is 292 g/mol. The van der Waals surface area contributed by atoms with Gasteiger partial charge in [0.1, 0.15) is 6.04 Å². The summed E-state index contributed by atoms with van der Waals surface area (Å²) < 4.78 is 0. The molecule has 3 unspecified atom stereocenters. The van der Waals surface area contributed by atoms with Gasteiger partial charge in [-0.1, -0.05) is 35.4 Å². The van der Waals surface area contributed by atoms with Crippen LogP contribution in [0.25, 0.3) is 10.4 Å². The van der Waals surface area contributed by atoms with Gasteiger partial charge in [-0.25, -0.2) is 4.79 Å². The Bertz CT molecular complexity index is 573. The number of hydrogen-bond donors (Lipinski definition) is 1. The van der Waals surface area contributed by atoms with Crippen molar-refractivity contribution in [3.63, 3.8) is 0 Å². The summed E-state index contributed by atoms with van der Waals surface area (Å²) in [7, 11) is 0. The van der Waals surface area contributed by atoms with Gasteiger partial charge in [-0.15, -0.1) is 11.8 Å². The zero-order valence-electron chi connectivity index (χ0n) is 10.6. The minimum absolute atomic E-state index is 0.459. The molecule has 1 saturated heterocycles. The van der Waals surface area contributed by atoms with Crippen LogP contribution in [0, 0.1) is 0 Å². The first kappa shape index (κ1) is 14.2. The summed E-state index contributed by atoms with van der Waals surface area (Å²) >= 11 is 1.29. The molecule has 3 atom stereocenters. The van der Waals surface area contributed by atoms with Crippen LogP contribution in [0.4, 0.5) is 0 Å². The van der Waals surface area contributed by atoms with Gasteiger partial charge in [-0.3, -0.25) is 4.79 Å². The molecule has 1 amide bonds. The quantitative estimate of drug-likeness (QED) is 0.387. The van der Waals surface area contributed by atoms with E-state index in [4.69, 9.17) is 5.53 Å². The Morgan fingerprint density at radius 2 is 2.15 bits per heavy atom. The standard InChI is InChI=1S/C12H12N4O3S/c1-20-11-8(14-15-13)10(17)16(11)9(12(18)19)7-5-3-2-4-6-7/h2-6,8-9,11H,1H3,(H,18,19). The molecule has 104 valence electrons. The number of rotatable bonds is 5. The zero-order valence-corrected chi connectivity index (χ0v) is 11.4. The van der Waals surface area contributed by atoms with E-state index >= 15 is 0 Å². The minimum Gasteiger partial charge on any atom is -0.479 e. The van der Waals surface area contributed by atoms with Crippen molar-refractivity contribution in [2.75, 3.05) is 6.26 Å². The lowest BCUT2D eigenvalue weighted by molar-refractivity contribution is -0.160. The number of likely N-dealkylation sites (tertiary alicyclic amines) is 1. The van der Waals surface area contributed by atoms with E-state index in [0.29, 0.717) is 5.56 Å². The van der Waals surface area contributed by atoms with Crippen molar-refractivity contribution in [1.29, 1.82) is 0 Å². The molecule has 1 heterocycles. The highest BCUT2D eigenvalue weighted by atomic mass is 32.2. The highest BCUT2D eigenvalue weighted by Gasteiger charge is 2.52. The predicted molar refractivity (Wildman–Crippen MR) is 73.9 cm³/mol. The van der Waals surface area contributed by atoms with Crippen LogP contribution < -0.4 is 0 Å². The molecule has 0 radical (unpaired) electrons. The zero-order chi connectivity index (χ0) is 14.7. The normalized spacial score (nSPS) is 22.6. The maximum atomic E-state index is 12.0. The van der Waals surface area contributed by atoms with Gasteiger partial charge < -0.3 is 10.0 Å². The van der Waals surface area contributed by atoms with Crippen molar-refractivity contribution in [2.45, 2.75) is 17.5 Å². The average molecular weight is 292 g/mol. The van der Waals surface area contributed by atoms with Gasteiger partial charge in [0.25, 0.3) is 0 Å². The second-order valence-electron chi connectivity index (χ2n) is 4.17. The molecule has 1 aliphatic heterocycles. The molecule has 0 saturated carbocycles.